The molecule has 1 unspecified atom stereocenters. The summed E-state index contributed by atoms with van der Waals surface area (Å²) in [5.41, 5.74) is 0. The van der Waals surface area contributed by atoms with Gasteiger partial charge in [0.1, 0.15) is 0 Å². The molecule has 0 aromatic rings. The van der Waals surface area contributed by atoms with Crippen molar-refractivity contribution in [3.8, 4) is 0 Å². The number of unbranched alkanes of at least 4 members (excludes halogenated alkanes) is 2. The molecule has 3 N–H and O–H groups in total. The maximum atomic E-state index is 11.1. The molecule has 84 valence electrons. The van der Waals surface area contributed by atoms with Crippen LogP contribution >= 0.6 is 0 Å². The summed E-state index contributed by atoms with van der Waals surface area (Å²) in [6, 6.07) is 0. The molecular weight excluding hydrogens is 182 g/mol. The molecule has 4 nitrogen and oxygen atoms in total. The molecule has 0 rings (SSSR count). The minimum absolute atomic E-state index is 0.00472. The smallest absolute Gasteiger partial charge is 0.220 e. The minimum Gasteiger partial charge on any atom is -0.396 e. The van der Waals surface area contributed by atoms with Gasteiger partial charge in [0.15, 0.2) is 0 Å². The molecule has 1 amide bonds. The van der Waals surface area contributed by atoms with Crippen LogP contribution < -0.4 is 5.32 Å². The van der Waals surface area contributed by atoms with Crippen LogP contribution in [0.3, 0.4) is 0 Å². The first-order chi connectivity index (χ1) is 6.66. The molecule has 14 heavy (non-hydrogen) atoms. The van der Waals surface area contributed by atoms with E-state index in [-0.39, 0.29) is 12.5 Å². The maximum absolute atomic E-state index is 11.1. The summed E-state index contributed by atoms with van der Waals surface area (Å²) in [6.07, 6.45) is 3.13. The van der Waals surface area contributed by atoms with Crippen molar-refractivity contribution in [3.05, 3.63) is 0 Å². The average molecular weight is 203 g/mol. The van der Waals surface area contributed by atoms with Crippen molar-refractivity contribution in [2.75, 3.05) is 13.2 Å². The Bertz CT molecular complexity index is 148. The van der Waals surface area contributed by atoms with Crippen molar-refractivity contribution >= 4 is 5.91 Å². The Morgan fingerprint density at radius 3 is 2.64 bits per heavy atom. The molecule has 0 saturated carbocycles. The Hall–Kier alpha value is -0.610. The van der Waals surface area contributed by atoms with Crippen LogP contribution in [-0.4, -0.2) is 35.4 Å². The number of rotatable bonds is 8. The van der Waals surface area contributed by atoms with E-state index in [4.69, 9.17) is 10.2 Å². The Labute approximate surface area is 85.3 Å². The minimum atomic E-state index is -0.407. The number of carbonyl (C=O) groups excluding carboxylic acids is 1. The van der Waals surface area contributed by atoms with Crippen molar-refractivity contribution < 1.29 is 15.0 Å². The molecule has 0 aliphatic rings. The number of aliphatic hydroxyl groups excluding tert-OH is 2. The zero-order chi connectivity index (χ0) is 10.8. The molecule has 4 heteroatoms. The van der Waals surface area contributed by atoms with Crippen LogP contribution in [0, 0.1) is 0 Å². The van der Waals surface area contributed by atoms with Crippen molar-refractivity contribution in [2.45, 2.75) is 45.1 Å². The van der Waals surface area contributed by atoms with Gasteiger partial charge in [0.05, 0.1) is 6.10 Å². The lowest BCUT2D eigenvalue weighted by Gasteiger charge is -2.05. The van der Waals surface area contributed by atoms with Crippen molar-refractivity contribution in [3.63, 3.8) is 0 Å². The van der Waals surface area contributed by atoms with Gasteiger partial charge < -0.3 is 15.5 Å². The summed E-state index contributed by atoms with van der Waals surface area (Å²) in [6.45, 7) is 2.56. The maximum Gasteiger partial charge on any atom is 0.220 e. The third-order valence-electron chi connectivity index (χ3n) is 1.95. The standard InChI is InChI=1S/C10H21NO3/c1-9(13)5-6-10(14)11-7-3-2-4-8-12/h9,12-13H,2-8H2,1H3,(H,11,14). The first kappa shape index (κ1) is 13.4. The van der Waals surface area contributed by atoms with Crippen LogP contribution in [0.15, 0.2) is 0 Å². The fraction of sp³-hybridized carbons (Fsp3) is 0.900. The van der Waals surface area contributed by atoms with E-state index in [0.717, 1.165) is 19.3 Å². The normalized spacial score (nSPS) is 12.5. The number of carbonyl (C=O) groups is 1. The number of hydrogen-bond donors (Lipinski definition) is 3. The third-order valence-corrected chi connectivity index (χ3v) is 1.95. The van der Waals surface area contributed by atoms with Crippen LogP contribution in [0.5, 0.6) is 0 Å². The molecule has 0 bridgehead atoms. The molecule has 0 aliphatic carbocycles. The molecule has 0 saturated heterocycles. The summed E-state index contributed by atoms with van der Waals surface area (Å²) in [5.74, 6) is -0.00472. The first-order valence-corrected chi connectivity index (χ1v) is 5.22. The lowest BCUT2D eigenvalue weighted by Crippen LogP contribution is -2.25. The molecule has 0 aromatic carbocycles. The van der Waals surface area contributed by atoms with Gasteiger partial charge in [0.25, 0.3) is 0 Å². The largest absolute Gasteiger partial charge is 0.396 e. The van der Waals surface area contributed by atoms with E-state index in [1.165, 1.54) is 0 Å². The molecular formula is C10H21NO3. The Kier molecular flexibility index (Phi) is 8.57. The molecule has 0 spiro atoms. The highest BCUT2D eigenvalue weighted by molar-refractivity contribution is 5.75. The zero-order valence-electron chi connectivity index (χ0n) is 8.83. The fourth-order valence-electron chi connectivity index (χ4n) is 1.07. The number of aliphatic hydroxyl groups is 2. The van der Waals surface area contributed by atoms with Gasteiger partial charge in [-0.1, -0.05) is 0 Å². The van der Waals surface area contributed by atoms with Gasteiger partial charge in [-0.3, -0.25) is 4.79 Å². The number of hydrogen-bond acceptors (Lipinski definition) is 3. The van der Waals surface area contributed by atoms with Crippen LogP contribution in [0.4, 0.5) is 0 Å². The van der Waals surface area contributed by atoms with Gasteiger partial charge in [-0.15, -0.1) is 0 Å². The highest BCUT2D eigenvalue weighted by Crippen LogP contribution is 1.96. The SMILES string of the molecule is CC(O)CCC(=O)NCCCCCO. The first-order valence-electron chi connectivity index (χ1n) is 5.22. The quantitative estimate of drug-likeness (QED) is 0.501. The number of amides is 1. The van der Waals surface area contributed by atoms with E-state index >= 15 is 0 Å². The molecule has 0 aliphatic heterocycles. The highest BCUT2D eigenvalue weighted by atomic mass is 16.3. The van der Waals surface area contributed by atoms with Gasteiger partial charge >= 0.3 is 0 Å². The second-order valence-corrected chi connectivity index (χ2v) is 3.52. The second-order valence-electron chi connectivity index (χ2n) is 3.52. The predicted octanol–water partition coefficient (Wildman–Crippen LogP) is 0.426. The Balaban J connectivity index is 3.18. The summed E-state index contributed by atoms with van der Waals surface area (Å²) >= 11 is 0. The fourth-order valence-corrected chi connectivity index (χ4v) is 1.07. The summed E-state index contributed by atoms with van der Waals surface area (Å²) < 4.78 is 0. The molecule has 0 heterocycles. The topological polar surface area (TPSA) is 69.6 Å². The van der Waals surface area contributed by atoms with E-state index in [9.17, 15) is 4.79 Å². The van der Waals surface area contributed by atoms with E-state index in [1.54, 1.807) is 6.92 Å². The Morgan fingerprint density at radius 1 is 1.36 bits per heavy atom. The molecule has 0 aromatic heterocycles. The van der Waals surface area contributed by atoms with E-state index in [2.05, 4.69) is 5.32 Å². The Morgan fingerprint density at radius 2 is 2.07 bits per heavy atom. The monoisotopic (exact) mass is 203 g/mol. The lowest BCUT2D eigenvalue weighted by molar-refractivity contribution is -0.121. The van der Waals surface area contributed by atoms with Crippen molar-refractivity contribution in [1.82, 2.24) is 5.32 Å². The van der Waals surface area contributed by atoms with E-state index in [1.807, 2.05) is 0 Å². The predicted molar refractivity (Wildman–Crippen MR) is 54.9 cm³/mol. The van der Waals surface area contributed by atoms with Gasteiger partial charge in [0.2, 0.25) is 5.91 Å². The summed E-state index contributed by atoms with van der Waals surface area (Å²) in [7, 11) is 0. The molecule has 0 fully saturated rings. The van der Waals surface area contributed by atoms with Gasteiger partial charge in [-0.05, 0) is 32.6 Å². The van der Waals surface area contributed by atoms with E-state index < -0.39 is 6.10 Å². The van der Waals surface area contributed by atoms with Gasteiger partial charge in [0, 0.05) is 19.6 Å². The second kappa shape index (κ2) is 8.97. The summed E-state index contributed by atoms with van der Waals surface area (Å²) in [5, 5.41) is 20.2. The van der Waals surface area contributed by atoms with Crippen LogP contribution in [0.25, 0.3) is 0 Å². The van der Waals surface area contributed by atoms with Crippen molar-refractivity contribution in [1.29, 1.82) is 0 Å². The van der Waals surface area contributed by atoms with Crippen LogP contribution in [-0.2, 0) is 4.79 Å². The average Bonchev–Trinajstić information content (AvgIpc) is 2.14. The number of nitrogens with one attached hydrogen (secondary N) is 1. The van der Waals surface area contributed by atoms with Gasteiger partial charge in [-0.2, -0.15) is 0 Å². The van der Waals surface area contributed by atoms with Gasteiger partial charge in [-0.25, -0.2) is 0 Å². The van der Waals surface area contributed by atoms with Crippen LogP contribution in [0.2, 0.25) is 0 Å². The molecule has 1 atom stereocenters. The lowest BCUT2D eigenvalue weighted by atomic mass is 10.2. The molecule has 0 radical (unpaired) electrons. The summed E-state index contributed by atoms with van der Waals surface area (Å²) in [4.78, 5) is 11.1. The van der Waals surface area contributed by atoms with Crippen LogP contribution in [0.1, 0.15) is 39.0 Å². The highest BCUT2D eigenvalue weighted by Gasteiger charge is 2.02. The van der Waals surface area contributed by atoms with Crippen molar-refractivity contribution in [2.24, 2.45) is 0 Å². The third kappa shape index (κ3) is 9.48. The van der Waals surface area contributed by atoms with E-state index in [0.29, 0.717) is 19.4 Å². The zero-order valence-corrected chi connectivity index (χ0v) is 8.83.